The van der Waals surface area contributed by atoms with Gasteiger partial charge in [0.25, 0.3) is 0 Å². The molecule has 0 spiro atoms. The van der Waals surface area contributed by atoms with E-state index in [9.17, 15) is 14.7 Å². The van der Waals surface area contributed by atoms with Gasteiger partial charge in [-0.25, -0.2) is 0 Å². The fraction of sp³-hybridized carbons (Fsp3) is 0.640. The molecule has 0 saturated heterocycles. The number of unbranched alkanes of at least 4 members (excludes halogenated alkanes) is 33. The van der Waals surface area contributed by atoms with Crippen molar-refractivity contribution in [1.29, 1.82) is 0 Å². The lowest BCUT2D eigenvalue weighted by atomic mass is 10.0. The van der Waals surface area contributed by atoms with Gasteiger partial charge in [0.05, 0.1) is 6.61 Å². The molecule has 1 unspecified atom stereocenters. The van der Waals surface area contributed by atoms with E-state index in [0.717, 1.165) is 135 Å². The number of carbonyl (C=O) groups excluding carboxylic acids is 2. The van der Waals surface area contributed by atoms with Gasteiger partial charge < -0.3 is 14.6 Å². The van der Waals surface area contributed by atoms with E-state index in [0.29, 0.717) is 12.8 Å². The molecule has 0 aliphatic carbocycles. The molecule has 0 heterocycles. The van der Waals surface area contributed by atoms with Crippen molar-refractivity contribution in [3.05, 3.63) is 182 Å². The fourth-order valence-corrected chi connectivity index (χ4v) is 10.9. The number of esters is 2. The lowest BCUT2D eigenvalue weighted by Crippen LogP contribution is -2.28. The van der Waals surface area contributed by atoms with E-state index >= 15 is 0 Å². The van der Waals surface area contributed by atoms with Crippen LogP contribution in [0.2, 0.25) is 0 Å². The van der Waals surface area contributed by atoms with Crippen LogP contribution in [0.1, 0.15) is 348 Å². The standard InChI is InChI=1S/C89H146O5/c1-3-5-7-9-11-13-15-17-19-21-23-25-27-29-31-33-35-37-39-41-43-44-46-47-49-51-53-55-57-59-61-63-65-67-69-71-73-75-77-79-81-83-88(91)93-86-87(85-90)94-89(92)84-82-80-78-76-74-72-70-68-66-64-62-60-58-56-54-52-50-48-45-42-40-38-36-34-32-30-28-26-24-22-20-18-16-14-12-10-8-6-4-2/h5-8,11-14,17-20,23-26,29-32,35-38,42,45,50,52,56,58,87,90H,3-4,9-10,15-16,21-22,27-28,33-34,39-41,43-44,46-49,51,53-55,57,59-86H2,1-2H3/b7-5-,8-6-,13-11-,14-12-,19-17-,20-18-,25-23-,26-24-,31-29-,32-30-,37-35-,38-36-,45-42-,52-50-,58-56-. The van der Waals surface area contributed by atoms with Crippen molar-refractivity contribution in [2.45, 2.75) is 354 Å². The Kier molecular flexibility index (Phi) is 77.9. The minimum Gasteiger partial charge on any atom is -0.462 e. The molecule has 0 aliphatic heterocycles. The van der Waals surface area contributed by atoms with Gasteiger partial charge in [0.2, 0.25) is 0 Å². The van der Waals surface area contributed by atoms with Gasteiger partial charge >= 0.3 is 11.9 Å². The number of ether oxygens (including phenoxy) is 2. The summed E-state index contributed by atoms with van der Waals surface area (Å²) >= 11 is 0. The number of aliphatic hydroxyl groups excluding tert-OH is 1. The molecule has 94 heavy (non-hydrogen) atoms. The molecule has 0 fully saturated rings. The first-order chi connectivity index (χ1) is 46.6. The van der Waals surface area contributed by atoms with Crippen LogP contribution < -0.4 is 0 Å². The Bertz CT molecular complexity index is 2060. The van der Waals surface area contributed by atoms with E-state index in [1.54, 1.807) is 0 Å². The van der Waals surface area contributed by atoms with Crippen LogP contribution in [0.25, 0.3) is 0 Å². The maximum absolute atomic E-state index is 12.4. The second kappa shape index (κ2) is 82.2. The molecular formula is C89H146O5. The Morgan fingerprint density at radius 2 is 0.426 bits per heavy atom. The molecule has 0 bridgehead atoms. The highest BCUT2D eigenvalue weighted by atomic mass is 16.6. The van der Waals surface area contributed by atoms with Crippen LogP contribution in [0.15, 0.2) is 182 Å². The number of hydrogen-bond acceptors (Lipinski definition) is 5. The highest BCUT2D eigenvalue weighted by molar-refractivity contribution is 5.70. The monoisotopic (exact) mass is 1300 g/mol. The number of aliphatic hydroxyl groups is 1. The molecule has 1 N–H and O–H groups in total. The molecule has 0 rings (SSSR count). The van der Waals surface area contributed by atoms with Crippen molar-refractivity contribution in [3.63, 3.8) is 0 Å². The molecule has 0 radical (unpaired) electrons. The normalized spacial score (nSPS) is 13.3. The van der Waals surface area contributed by atoms with Gasteiger partial charge in [-0.1, -0.05) is 382 Å². The molecule has 0 aromatic rings. The van der Waals surface area contributed by atoms with Gasteiger partial charge in [0, 0.05) is 12.8 Å². The van der Waals surface area contributed by atoms with Gasteiger partial charge in [0.1, 0.15) is 6.61 Å². The highest BCUT2D eigenvalue weighted by Crippen LogP contribution is 2.18. The second-order valence-corrected chi connectivity index (χ2v) is 25.7. The second-order valence-electron chi connectivity index (χ2n) is 25.7. The van der Waals surface area contributed by atoms with Gasteiger partial charge in [-0.05, 0) is 135 Å². The lowest BCUT2D eigenvalue weighted by Gasteiger charge is -2.15. The molecular weight excluding hydrogens is 1150 g/mol. The van der Waals surface area contributed by atoms with Crippen molar-refractivity contribution < 1.29 is 24.2 Å². The smallest absolute Gasteiger partial charge is 0.306 e. The highest BCUT2D eigenvalue weighted by Gasteiger charge is 2.16. The third-order valence-electron chi connectivity index (χ3n) is 16.7. The third-order valence-corrected chi connectivity index (χ3v) is 16.7. The third kappa shape index (κ3) is 79.4. The molecule has 0 saturated carbocycles. The number of allylic oxidation sites excluding steroid dienone is 30. The van der Waals surface area contributed by atoms with E-state index in [1.807, 2.05) is 0 Å². The van der Waals surface area contributed by atoms with Gasteiger partial charge in [0.15, 0.2) is 6.10 Å². The molecule has 0 aromatic carbocycles. The van der Waals surface area contributed by atoms with Crippen LogP contribution in [0.3, 0.4) is 0 Å². The summed E-state index contributed by atoms with van der Waals surface area (Å²) in [5.74, 6) is -0.589. The average Bonchev–Trinajstić information content (AvgIpc) is 3.65. The topological polar surface area (TPSA) is 72.8 Å². The minimum atomic E-state index is -0.785. The molecule has 0 amide bonds. The molecule has 0 aliphatic rings. The summed E-state index contributed by atoms with van der Waals surface area (Å²) in [7, 11) is 0. The largest absolute Gasteiger partial charge is 0.462 e. The number of rotatable bonds is 71. The summed E-state index contributed by atoms with van der Waals surface area (Å²) in [6, 6.07) is 0. The predicted molar refractivity (Wildman–Crippen MR) is 416 cm³/mol. The summed E-state index contributed by atoms with van der Waals surface area (Å²) in [6.45, 7) is 3.93. The van der Waals surface area contributed by atoms with Crippen molar-refractivity contribution in [1.82, 2.24) is 0 Å². The average molecular weight is 1300 g/mol. The van der Waals surface area contributed by atoms with E-state index in [1.165, 1.54) is 186 Å². The Morgan fingerprint density at radius 1 is 0.245 bits per heavy atom. The predicted octanol–water partition coefficient (Wildman–Crippen LogP) is 28.1. The zero-order chi connectivity index (χ0) is 67.5. The fourth-order valence-electron chi connectivity index (χ4n) is 10.9. The SMILES string of the molecule is CC/C=C\C/C=C\C/C=C\C/C=C\C/C=C\C/C=C\C/C=C\C/C=C\C/C=C\CCCCCCCCCCCCCC(=O)OC(CO)COC(=O)CCCCCCCCCCCCCCCCCCCCCCCC/C=C\C/C=C\C/C=C\C/C=C\C/C=C\C/C=C\CC. The van der Waals surface area contributed by atoms with Crippen LogP contribution in [0.4, 0.5) is 0 Å². The first kappa shape index (κ1) is 89.0. The Balaban J connectivity index is 3.49. The van der Waals surface area contributed by atoms with Crippen LogP contribution in [0, 0.1) is 0 Å². The van der Waals surface area contributed by atoms with E-state index in [-0.39, 0.29) is 25.2 Å². The molecule has 1 atom stereocenters. The lowest BCUT2D eigenvalue weighted by molar-refractivity contribution is -0.161. The first-order valence-corrected chi connectivity index (χ1v) is 39.3. The quantitative estimate of drug-likeness (QED) is 0.0373. The minimum absolute atomic E-state index is 0.0719. The summed E-state index contributed by atoms with van der Waals surface area (Å²) in [5, 5.41) is 9.73. The maximum atomic E-state index is 12.4. The molecule has 532 valence electrons. The van der Waals surface area contributed by atoms with Crippen molar-refractivity contribution in [2.24, 2.45) is 0 Å². The van der Waals surface area contributed by atoms with Crippen LogP contribution in [-0.4, -0.2) is 36.4 Å². The van der Waals surface area contributed by atoms with Crippen LogP contribution in [0.5, 0.6) is 0 Å². The Morgan fingerprint density at radius 3 is 0.638 bits per heavy atom. The summed E-state index contributed by atoms with van der Waals surface area (Å²) in [5.41, 5.74) is 0. The summed E-state index contributed by atoms with van der Waals surface area (Å²) < 4.78 is 10.8. The van der Waals surface area contributed by atoms with Gasteiger partial charge in [-0.2, -0.15) is 0 Å². The maximum Gasteiger partial charge on any atom is 0.306 e. The first-order valence-electron chi connectivity index (χ1n) is 39.3. The number of carbonyl (C=O) groups is 2. The van der Waals surface area contributed by atoms with E-state index in [4.69, 9.17) is 9.47 Å². The molecule has 5 nitrogen and oxygen atoms in total. The summed E-state index contributed by atoms with van der Waals surface area (Å²) in [6.07, 6.45) is 128. The van der Waals surface area contributed by atoms with Gasteiger partial charge in [-0.15, -0.1) is 0 Å². The Labute approximate surface area is 582 Å². The zero-order valence-corrected chi connectivity index (χ0v) is 61.2. The van der Waals surface area contributed by atoms with Crippen molar-refractivity contribution in [2.75, 3.05) is 13.2 Å². The summed E-state index contributed by atoms with van der Waals surface area (Å²) in [4.78, 5) is 24.7. The number of hydrogen-bond donors (Lipinski definition) is 1. The van der Waals surface area contributed by atoms with E-state index in [2.05, 4.69) is 196 Å². The van der Waals surface area contributed by atoms with Crippen molar-refractivity contribution >= 4 is 11.9 Å². The van der Waals surface area contributed by atoms with Crippen LogP contribution in [-0.2, 0) is 19.1 Å². The molecule has 0 aromatic heterocycles. The van der Waals surface area contributed by atoms with Crippen LogP contribution >= 0.6 is 0 Å². The molecule has 5 heteroatoms. The van der Waals surface area contributed by atoms with Gasteiger partial charge in [-0.3, -0.25) is 9.59 Å². The zero-order valence-electron chi connectivity index (χ0n) is 61.2. The van der Waals surface area contributed by atoms with Crippen molar-refractivity contribution in [3.8, 4) is 0 Å². The van der Waals surface area contributed by atoms with E-state index < -0.39 is 6.10 Å². The Hall–Kier alpha value is -5.00.